The third kappa shape index (κ3) is 3.21. The minimum absolute atomic E-state index is 0.950. The molecule has 1 rings (SSSR count). The molecule has 1 saturated carbocycles. The predicted octanol–water partition coefficient (Wildman–Crippen LogP) is 3.69. The van der Waals surface area contributed by atoms with Crippen LogP contribution in [0.4, 0.5) is 0 Å². The van der Waals surface area contributed by atoms with Crippen LogP contribution in [-0.2, 0) is 0 Å². The highest BCUT2D eigenvalue weighted by atomic mass is 14.8. The molecule has 0 saturated heterocycles. The molecule has 1 aliphatic carbocycles. The van der Waals surface area contributed by atoms with E-state index in [2.05, 4.69) is 33.1 Å². The molecular formula is C14H29N. The topological polar surface area (TPSA) is 12.0 Å². The maximum Gasteiger partial charge on any atom is -0.00208 e. The molecule has 0 bridgehead atoms. The molecule has 1 N–H and O–H groups in total. The van der Waals surface area contributed by atoms with E-state index in [9.17, 15) is 0 Å². The van der Waals surface area contributed by atoms with E-state index >= 15 is 0 Å². The molecule has 1 nitrogen and oxygen atoms in total. The number of nitrogens with one attached hydrogen (secondary N) is 1. The van der Waals surface area contributed by atoms with Gasteiger partial charge in [-0.1, -0.05) is 40.0 Å². The van der Waals surface area contributed by atoms with Gasteiger partial charge in [0.1, 0.15) is 0 Å². The Morgan fingerprint density at radius 1 is 1.07 bits per heavy atom. The van der Waals surface area contributed by atoms with Gasteiger partial charge >= 0.3 is 0 Å². The van der Waals surface area contributed by atoms with Crippen molar-refractivity contribution in [1.82, 2.24) is 5.32 Å². The summed E-state index contributed by atoms with van der Waals surface area (Å²) >= 11 is 0. The Labute approximate surface area is 96.0 Å². The average Bonchev–Trinajstić information content (AvgIpc) is 2.64. The van der Waals surface area contributed by atoms with Crippen LogP contribution in [0, 0.1) is 23.7 Å². The normalized spacial score (nSPS) is 31.4. The van der Waals surface area contributed by atoms with Crippen molar-refractivity contribution in [2.24, 2.45) is 23.7 Å². The minimum Gasteiger partial charge on any atom is -0.319 e. The van der Waals surface area contributed by atoms with Crippen LogP contribution < -0.4 is 5.32 Å². The lowest BCUT2D eigenvalue weighted by atomic mass is 9.86. The van der Waals surface area contributed by atoms with Gasteiger partial charge in [0.05, 0.1) is 0 Å². The first-order valence-corrected chi connectivity index (χ1v) is 6.91. The summed E-state index contributed by atoms with van der Waals surface area (Å²) in [7, 11) is 2.09. The van der Waals surface area contributed by atoms with Crippen LogP contribution in [0.3, 0.4) is 0 Å². The van der Waals surface area contributed by atoms with E-state index in [1.165, 1.54) is 38.6 Å². The van der Waals surface area contributed by atoms with E-state index in [4.69, 9.17) is 0 Å². The van der Waals surface area contributed by atoms with E-state index in [0.717, 1.165) is 23.7 Å². The summed E-state index contributed by atoms with van der Waals surface area (Å²) in [6.45, 7) is 8.32. The number of rotatable bonds is 6. The molecule has 0 aliphatic heterocycles. The summed E-state index contributed by atoms with van der Waals surface area (Å²) in [6.07, 6.45) is 7.11. The zero-order valence-corrected chi connectivity index (χ0v) is 11.1. The fourth-order valence-electron chi connectivity index (χ4n) is 3.61. The maximum atomic E-state index is 3.37. The van der Waals surface area contributed by atoms with Crippen LogP contribution in [0.5, 0.6) is 0 Å². The molecule has 0 aromatic carbocycles. The monoisotopic (exact) mass is 211 g/mol. The summed E-state index contributed by atoms with van der Waals surface area (Å²) in [5.74, 6) is 3.94. The average molecular weight is 211 g/mol. The maximum absolute atomic E-state index is 3.37. The fraction of sp³-hybridized carbons (Fsp3) is 1.00. The van der Waals surface area contributed by atoms with E-state index in [1.54, 1.807) is 0 Å². The third-order valence-corrected chi connectivity index (χ3v) is 4.58. The lowest BCUT2D eigenvalue weighted by Crippen LogP contribution is -2.21. The van der Waals surface area contributed by atoms with Crippen molar-refractivity contribution in [1.29, 1.82) is 0 Å². The summed E-state index contributed by atoms with van der Waals surface area (Å²) in [5, 5.41) is 3.37. The van der Waals surface area contributed by atoms with Crippen LogP contribution in [0.1, 0.15) is 52.9 Å². The molecule has 1 fully saturated rings. The summed E-state index contributed by atoms with van der Waals surface area (Å²) in [6, 6.07) is 0. The fourth-order valence-corrected chi connectivity index (χ4v) is 3.61. The lowest BCUT2D eigenvalue weighted by Gasteiger charge is -2.20. The van der Waals surface area contributed by atoms with Gasteiger partial charge in [-0.25, -0.2) is 0 Å². The second-order valence-electron chi connectivity index (χ2n) is 5.29. The standard InChI is InChI=1S/C14H29N/c1-5-11(6-2)13-8-12(7-3)14(9-13)10-15-4/h11-15H,5-10H2,1-4H3. The van der Waals surface area contributed by atoms with Gasteiger partial charge in [0, 0.05) is 0 Å². The molecule has 15 heavy (non-hydrogen) atoms. The highest BCUT2D eigenvalue weighted by Gasteiger charge is 2.35. The van der Waals surface area contributed by atoms with Crippen LogP contribution in [0.2, 0.25) is 0 Å². The van der Waals surface area contributed by atoms with Crippen molar-refractivity contribution < 1.29 is 0 Å². The molecule has 0 aromatic rings. The molecule has 1 aliphatic rings. The zero-order chi connectivity index (χ0) is 11.3. The Kier molecular flexibility index (Phi) is 5.66. The largest absolute Gasteiger partial charge is 0.319 e. The smallest absolute Gasteiger partial charge is 0.00208 e. The Bertz CT molecular complexity index is 163. The second-order valence-corrected chi connectivity index (χ2v) is 5.29. The van der Waals surface area contributed by atoms with Gasteiger partial charge in [-0.2, -0.15) is 0 Å². The predicted molar refractivity (Wildman–Crippen MR) is 68.0 cm³/mol. The summed E-state index contributed by atoms with van der Waals surface area (Å²) in [5.41, 5.74) is 0. The molecule has 3 atom stereocenters. The Morgan fingerprint density at radius 2 is 1.67 bits per heavy atom. The van der Waals surface area contributed by atoms with Crippen molar-refractivity contribution in [3.8, 4) is 0 Å². The van der Waals surface area contributed by atoms with Gasteiger partial charge in [-0.05, 0) is 50.1 Å². The molecule has 0 radical (unpaired) electrons. The van der Waals surface area contributed by atoms with Crippen molar-refractivity contribution in [3.63, 3.8) is 0 Å². The quantitative estimate of drug-likeness (QED) is 0.706. The van der Waals surface area contributed by atoms with Crippen molar-refractivity contribution >= 4 is 0 Å². The molecule has 0 aromatic heterocycles. The van der Waals surface area contributed by atoms with Gasteiger partial charge in [0.15, 0.2) is 0 Å². The van der Waals surface area contributed by atoms with Crippen molar-refractivity contribution in [3.05, 3.63) is 0 Å². The number of hydrogen-bond acceptors (Lipinski definition) is 1. The van der Waals surface area contributed by atoms with Gasteiger partial charge in [-0.15, -0.1) is 0 Å². The highest BCUT2D eigenvalue weighted by molar-refractivity contribution is 4.86. The minimum atomic E-state index is 0.950. The molecule has 0 heterocycles. The molecule has 0 spiro atoms. The van der Waals surface area contributed by atoms with Gasteiger partial charge in [0.25, 0.3) is 0 Å². The van der Waals surface area contributed by atoms with E-state index in [0.29, 0.717) is 0 Å². The SMILES string of the molecule is CCC(CC)C1CC(CC)C(CNC)C1. The first kappa shape index (κ1) is 13.0. The van der Waals surface area contributed by atoms with E-state index in [1.807, 2.05) is 0 Å². The summed E-state index contributed by atoms with van der Waals surface area (Å²) in [4.78, 5) is 0. The van der Waals surface area contributed by atoms with E-state index in [-0.39, 0.29) is 0 Å². The first-order valence-electron chi connectivity index (χ1n) is 6.91. The molecule has 0 amide bonds. The van der Waals surface area contributed by atoms with E-state index < -0.39 is 0 Å². The number of hydrogen-bond donors (Lipinski definition) is 1. The molecule has 90 valence electrons. The van der Waals surface area contributed by atoms with Gasteiger partial charge < -0.3 is 5.32 Å². The third-order valence-electron chi connectivity index (χ3n) is 4.58. The van der Waals surface area contributed by atoms with Crippen LogP contribution in [0.15, 0.2) is 0 Å². The van der Waals surface area contributed by atoms with Crippen LogP contribution in [-0.4, -0.2) is 13.6 Å². The van der Waals surface area contributed by atoms with Crippen LogP contribution >= 0.6 is 0 Å². The second kappa shape index (κ2) is 6.52. The van der Waals surface area contributed by atoms with Gasteiger partial charge in [0.2, 0.25) is 0 Å². The molecule has 3 unspecified atom stereocenters. The summed E-state index contributed by atoms with van der Waals surface area (Å²) < 4.78 is 0. The van der Waals surface area contributed by atoms with Crippen molar-refractivity contribution in [2.75, 3.05) is 13.6 Å². The van der Waals surface area contributed by atoms with Gasteiger partial charge in [-0.3, -0.25) is 0 Å². The van der Waals surface area contributed by atoms with Crippen molar-refractivity contribution in [2.45, 2.75) is 52.9 Å². The zero-order valence-electron chi connectivity index (χ0n) is 11.1. The first-order chi connectivity index (χ1) is 7.26. The molecule has 1 heteroatoms. The Balaban J connectivity index is 2.51. The Morgan fingerprint density at radius 3 is 2.13 bits per heavy atom. The molecular weight excluding hydrogens is 182 g/mol. The highest BCUT2D eigenvalue weighted by Crippen LogP contribution is 2.43. The lowest BCUT2D eigenvalue weighted by molar-refractivity contribution is 0.307. The Hall–Kier alpha value is -0.0400. The van der Waals surface area contributed by atoms with Crippen LogP contribution in [0.25, 0.3) is 0 Å².